The lowest BCUT2D eigenvalue weighted by molar-refractivity contribution is -0.0164. The molecule has 0 aromatic heterocycles. The van der Waals surface area contributed by atoms with Crippen LogP contribution in [0.3, 0.4) is 0 Å². The molecule has 76 valence electrons. The summed E-state index contributed by atoms with van der Waals surface area (Å²) in [6.45, 7) is 1.91. The highest BCUT2D eigenvalue weighted by molar-refractivity contribution is 4.92. The third kappa shape index (κ3) is 1.83. The molecule has 0 aromatic rings. The maximum Gasteiger partial charge on any atom is 0.241 e. The van der Waals surface area contributed by atoms with Crippen LogP contribution in [0.5, 0.6) is 0 Å². The smallest absolute Gasteiger partial charge is 0.241 e. The molecule has 0 spiro atoms. The number of nitrogens with zero attached hydrogens (tertiary/aromatic N) is 1. The maximum atomic E-state index is 12.2. The molecule has 13 heavy (non-hydrogen) atoms. The van der Waals surface area contributed by atoms with Crippen LogP contribution < -0.4 is 5.73 Å². The molecular weight excluding hydrogens is 174 g/mol. The highest BCUT2D eigenvalue weighted by Gasteiger charge is 2.40. The van der Waals surface area contributed by atoms with Gasteiger partial charge in [0.2, 0.25) is 6.43 Å². The van der Waals surface area contributed by atoms with E-state index in [9.17, 15) is 8.78 Å². The fraction of sp³-hybridized carbons (Fsp3) is 1.00. The Kier molecular flexibility index (Phi) is 2.51. The second-order valence-corrected chi connectivity index (χ2v) is 4.26. The topological polar surface area (TPSA) is 29.3 Å². The number of rotatable bonds is 2. The summed E-state index contributed by atoms with van der Waals surface area (Å²) in [6, 6.07) is 0.665. The predicted molar refractivity (Wildman–Crippen MR) is 46.7 cm³/mol. The van der Waals surface area contributed by atoms with Crippen molar-refractivity contribution >= 4 is 0 Å². The van der Waals surface area contributed by atoms with Crippen LogP contribution >= 0.6 is 0 Å². The van der Waals surface area contributed by atoms with E-state index in [-0.39, 0.29) is 12.0 Å². The SMILES string of the molecule is N[C@@H]1CCN(C2CC(C(F)F)C2)C1. The lowest BCUT2D eigenvalue weighted by Crippen LogP contribution is -2.46. The zero-order valence-corrected chi connectivity index (χ0v) is 7.63. The van der Waals surface area contributed by atoms with Gasteiger partial charge in [0.1, 0.15) is 0 Å². The van der Waals surface area contributed by atoms with Gasteiger partial charge in [-0.05, 0) is 19.3 Å². The van der Waals surface area contributed by atoms with Gasteiger partial charge in [0, 0.05) is 31.1 Å². The van der Waals surface area contributed by atoms with Gasteiger partial charge in [0.15, 0.2) is 0 Å². The summed E-state index contributed by atoms with van der Waals surface area (Å²) >= 11 is 0. The third-order valence-corrected chi connectivity index (χ3v) is 3.28. The summed E-state index contributed by atoms with van der Waals surface area (Å²) in [5.74, 6) is -0.346. The molecule has 1 saturated heterocycles. The van der Waals surface area contributed by atoms with Crippen molar-refractivity contribution in [2.75, 3.05) is 13.1 Å². The second-order valence-electron chi connectivity index (χ2n) is 4.26. The summed E-state index contributed by atoms with van der Waals surface area (Å²) in [5, 5.41) is 0. The van der Waals surface area contributed by atoms with Gasteiger partial charge in [0.05, 0.1) is 0 Å². The molecule has 2 fully saturated rings. The van der Waals surface area contributed by atoms with Crippen molar-refractivity contribution in [2.24, 2.45) is 11.7 Å². The molecule has 2 N–H and O–H groups in total. The van der Waals surface area contributed by atoms with Crippen LogP contribution in [0.2, 0.25) is 0 Å². The first kappa shape index (κ1) is 9.34. The van der Waals surface area contributed by atoms with Crippen LogP contribution in [0, 0.1) is 5.92 Å². The van der Waals surface area contributed by atoms with E-state index in [0.29, 0.717) is 18.9 Å². The Morgan fingerprint density at radius 3 is 2.46 bits per heavy atom. The minimum Gasteiger partial charge on any atom is -0.326 e. The van der Waals surface area contributed by atoms with Crippen molar-refractivity contribution in [3.05, 3.63) is 0 Å². The van der Waals surface area contributed by atoms with Crippen LogP contribution in [0.15, 0.2) is 0 Å². The number of halogens is 2. The summed E-state index contributed by atoms with van der Waals surface area (Å²) in [7, 11) is 0. The van der Waals surface area contributed by atoms with E-state index in [1.165, 1.54) is 0 Å². The first-order chi connectivity index (χ1) is 6.16. The van der Waals surface area contributed by atoms with Gasteiger partial charge in [-0.3, -0.25) is 4.90 Å². The zero-order valence-electron chi connectivity index (χ0n) is 7.63. The largest absolute Gasteiger partial charge is 0.326 e. The molecule has 1 atom stereocenters. The quantitative estimate of drug-likeness (QED) is 0.705. The highest BCUT2D eigenvalue weighted by atomic mass is 19.3. The van der Waals surface area contributed by atoms with Gasteiger partial charge in [-0.25, -0.2) is 8.78 Å². The molecule has 0 radical (unpaired) electrons. The van der Waals surface area contributed by atoms with Crippen molar-refractivity contribution in [3.63, 3.8) is 0 Å². The highest BCUT2D eigenvalue weighted by Crippen LogP contribution is 2.37. The van der Waals surface area contributed by atoms with E-state index in [1.54, 1.807) is 0 Å². The van der Waals surface area contributed by atoms with Gasteiger partial charge in [-0.1, -0.05) is 0 Å². The van der Waals surface area contributed by atoms with E-state index < -0.39 is 6.43 Å². The monoisotopic (exact) mass is 190 g/mol. The summed E-state index contributed by atoms with van der Waals surface area (Å²) in [6.07, 6.45) is 0.248. The molecule has 0 bridgehead atoms. The molecule has 1 heterocycles. The minimum absolute atomic E-state index is 0.269. The summed E-state index contributed by atoms with van der Waals surface area (Å²) in [4.78, 5) is 2.27. The van der Waals surface area contributed by atoms with Crippen LogP contribution in [0.1, 0.15) is 19.3 Å². The molecule has 1 aliphatic carbocycles. The van der Waals surface area contributed by atoms with E-state index in [4.69, 9.17) is 5.73 Å². The zero-order chi connectivity index (χ0) is 9.42. The Balaban J connectivity index is 1.74. The van der Waals surface area contributed by atoms with Gasteiger partial charge in [0.25, 0.3) is 0 Å². The fourth-order valence-corrected chi connectivity index (χ4v) is 2.28. The van der Waals surface area contributed by atoms with Crippen molar-refractivity contribution in [3.8, 4) is 0 Å². The molecule has 2 rings (SSSR count). The van der Waals surface area contributed by atoms with Crippen molar-refractivity contribution < 1.29 is 8.78 Å². The van der Waals surface area contributed by atoms with Crippen LogP contribution in [-0.4, -0.2) is 36.5 Å². The van der Waals surface area contributed by atoms with E-state index in [2.05, 4.69) is 4.90 Å². The normalized spacial score (nSPS) is 41.1. The van der Waals surface area contributed by atoms with E-state index >= 15 is 0 Å². The Morgan fingerprint density at radius 1 is 1.31 bits per heavy atom. The third-order valence-electron chi connectivity index (χ3n) is 3.28. The number of likely N-dealkylation sites (tertiary alicyclic amines) is 1. The number of hydrogen-bond donors (Lipinski definition) is 1. The van der Waals surface area contributed by atoms with Gasteiger partial charge in [-0.2, -0.15) is 0 Å². The Bertz CT molecular complexity index is 180. The Hall–Kier alpha value is -0.220. The number of hydrogen-bond acceptors (Lipinski definition) is 2. The maximum absolute atomic E-state index is 12.2. The molecule has 4 heteroatoms. The lowest BCUT2D eigenvalue weighted by Gasteiger charge is -2.40. The number of nitrogens with two attached hydrogens (primary N) is 1. The summed E-state index contributed by atoms with van der Waals surface area (Å²) in [5.41, 5.74) is 5.75. The molecule has 0 aromatic carbocycles. The van der Waals surface area contributed by atoms with Gasteiger partial charge >= 0.3 is 0 Å². The molecule has 2 aliphatic rings. The second kappa shape index (κ2) is 3.50. The first-order valence-corrected chi connectivity index (χ1v) is 4.94. The van der Waals surface area contributed by atoms with E-state index in [1.807, 2.05) is 0 Å². The number of alkyl halides is 2. The van der Waals surface area contributed by atoms with Crippen molar-refractivity contribution in [1.82, 2.24) is 4.90 Å². The Morgan fingerprint density at radius 2 is 2.00 bits per heavy atom. The van der Waals surface area contributed by atoms with Crippen molar-refractivity contribution in [1.29, 1.82) is 0 Å². The van der Waals surface area contributed by atoms with Gasteiger partial charge in [-0.15, -0.1) is 0 Å². The van der Waals surface area contributed by atoms with Crippen LogP contribution in [-0.2, 0) is 0 Å². The van der Waals surface area contributed by atoms with Crippen molar-refractivity contribution in [2.45, 2.75) is 37.8 Å². The first-order valence-electron chi connectivity index (χ1n) is 4.94. The fourth-order valence-electron chi connectivity index (χ4n) is 2.28. The standard InChI is InChI=1S/C9H16F2N2/c10-9(11)6-3-8(4-6)13-2-1-7(12)5-13/h6-9H,1-5,12H2/t6?,7-,8?/m1/s1. The van der Waals surface area contributed by atoms with Crippen LogP contribution in [0.25, 0.3) is 0 Å². The lowest BCUT2D eigenvalue weighted by atomic mass is 9.80. The van der Waals surface area contributed by atoms with Gasteiger partial charge < -0.3 is 5.73 Å². The molecule has 2 nitrogen and oxygen atoms in total. The Labute approximate surface area is 77.1 Å². The average molecular weight is 190 g/mol. The molecular formula is C9H16F2N2. The molecule has 0 amide bonds. The molecule has 1 saturated carbocycles. The van der Waals surface area contributed by atoms with E-state index in [0.717, 1.165) is 19.5 Å². The molecule has 1 aliphatic heterocycles. The minimum atomic E-state index is -2.12. The summed E-state index contributed by atoms with van der Waals surface area (Å²) < 4.78 is 24.3. The van der Waals surface area contributed by atoms with Crippen LogP contribution in [0.4, 0.5) is 8.78 Å². The molecule has 0 unspecified atom stereocenters. The average Bonchev–Trinajstić information content (AvgIpc) is 2.31. The predicted octanol–water partition coefficient (Wildman–Crippen LogP) is 1.06.